The number of nitrogen functional groups attached to an aromatic ring is 1. The predicted octanol–water partition coefficient (Wildman–Crippen LogP) is 2.71. The van der Waals surface area contributed by atoms with Gasteiger partial charge in [-0.1, -0.05) is 24.3 Å². The summed E-state index contributed by atoms with van der Waals surface area (Å²) in [5.74, 6) is -1.00. The van der Waals surface area contributed by atoms with Crippen LogP contribution in [0.4, 0.5) is 17.1 Å². The number of para-hydroxylation sites is 2. The lowest BCUT2D eigenvalue weighted by molar-refractivity contribution is 0.0698. The summed E-state index contributed by atoms with van der Waals surface area (Å²) in [7, 11) is 0. The SMILES string of the molecule is Nc1cccc(C(=O)O)c1Nc1ccccc1. The summed E-state index contributed by atoms with van der Waals surface area (Å²) >= 11 is 0. The van der Waals surface area contributed by atoms with Crippen molar-refractivity contribution < 1.29 is 9.90 Å². The van der Waals surface area contributed by atoms with Crippen molar-refractivity contribution in [3.63, 3.8) is 0 Å². The molecule has 2 aromatic carbocycles. The highest BCUT2D eigenvalue weighted by atomic mass is 16.4. The molecule has 0 aliphatic heterocycles. The average molecular weight is 228 g/mol. The van der Waals surface area contributed by atoms with Crippen molar-refractivity contribution in [3.05, 3.63) is 54.1 Å². The van der Waals surface area contributed by atoms with E-state index in [0.717, 1.165) is 5.69 Å². The molecule has 4 nitrogen and oxygen atoms in total. The molecule has 0 radical (unpaired) electrons. The maximum atomic E-state index is 11.1. The summed E-state index contributed by atoms with van der Waals surface area (Å²) in [5.41, 5.74) is 7.57. The number of hydrogen-bond donors (Lipinski definition) is 3. The number of benzene rings is 2. The first-order valence-corrected chi connectivity index (χ1v) is 5.12. The van der Waals surface area contributed by atoms with E-state index in [1.165, 1.54) is 6.07 Å². The van der Waals surface area contributed by atoms with E-state index in [1.807, 2.05) is 30.3 Å². The summed E-state index contributed by atoms with van der Waals surface area (Å²) in [5, 5.41) is 12.1. The van der Waals surface area contributed by atoms with Crippen molar-refractivity contribution in [2.45, 2.75) is 0 Å². The molecule has 0 heterocycles. The summed E-state index contributed by atoms with van der Waals surface area (Å²) < 4.78 is 0. The number of hydrogen-bond acceptors (Lipinski definition) is 3. The van der Waals surface area contributed by atoms with Gasteiger partial charge in [0.05, 0.1) is 16.9 Å². The minimum atomic E-state index is -1.00. The van der Waals surface area contributed by atoms with Crippen LogP contribution in [-0.4, -0.2) is 11.1 Å². The van der Waals surface area contributed by atoms with Crippen LogP contribution in [0.3, 0.4) is 0 Å². The van der Waals surface area contributed by atoms with E-state index in [-0.39, 0.29) is 5.56 Å². The summed E-state index contributed by atoms with van der Waals surface area (Å²) in [6, 6.07) is 14.1. The number of carboxylic acids is 1. The molecule has 0 atom stereocenters. The second-order valence-corrected chi connectivity index (χ2v) is 3.57. The Kier molecular flexibility index (Phi) is 2.96. The van der Waals surface area contributed by atoms with Crippen LogP contribution >= 0.6 is 0 Å². The van der Waals surface area contributed by atoms with Crippen molar-refractivity contribution in [3.8, 4) is 0 Å². The zero-order chi connectivity index (χ0) is 12.3. The van der Waals surface area contributed by atoms with Crippen LogP contribution < -0.4 is 11.1 Å². The monoisotopic (exact) mass is 228 g/mol. The minimum Gasteiger partial charge on any atom is -0.478 e. The molecular formula is C13H12N2O2. The fourth-order valence-corrected chi connectivity index (χ4v) is 1.55. The Morgan fingerprint density at radius 2 is 1.76 bits per heavy atom. The highest BCUT2D eigenvalue weighted by Gasteiger charge is 2.12. The smallest absolute Gasteiger partial charge is 0.337 e. The van der Waals surface area contributed by atoms with Crippen LogP contribution in [0.25, 0.3) is 0 Å². The van der Waals surface area contributed by atoms with Crippen LogP contribution in [-0.2, 0) is 0 Å². The van der Waals surface area contributed by atoms with Crippen LogP contribution in [0.1, 0.15) is 10.4 Å². The minimum absolute atomic E-state index is 0.161. The Balaban J connectivity index is 2.41. The third-order valence-corrected chi connectivity index (χ3v) is 2.37. The molecule has 0 unspecified atom stereocenters. The predicted molar refractivity (Wildman–Crippen MR) is 67.5 cm³/mol. The van der Waals surface area contributed by atoms with Crippen LogP contribution in [0.2, 0.25) is 0 Å². The Morgan fingerprint density at radius 1 is 1.06 bits per heavy atom. The van der Waals surface area contributed by atoms with Gasteiger partial charge in [0.2, 0.25) is 0 Å². The van der Waals surface area contributed by atoms with E-state index >= 15 is 0 Å². The van der Waals surface area contributed by atoms with Crippen molar-refractivity contribution in [1.82, 2.24) is 0 Å². The fraction of sp³-hybridized carbons (Fsp3) is 0. The van der Waals surface area contributed by atoms with E-state index in [2.05, 4.69) is 5.32 Å². The van der Waals surface area contributed by atoms with Gasteiger partial charge in [0.25, 0.3) is 0 Å². The van der Waals surface area contributed by atoms with E-state index in [1.54, 1.807) is 12.1 Å². The molecule has 0 saturated carbocycles. The number of aromatic carboxylic acids is 1. The van der Waals surface area contributed by atoms with Gasteiger partial charge in [-0.25, -0.2) is 4.79 Å². The van der Waals surface area contributed by atoms with Crippen molar-refractivity contribution in [1.29, 1.82) is 0 Å². The van der Waals surface area contributed by atoms with Gasteiger partial charge in [0.1, 0.15) is 0 Å². The van der Waals surface area contributed by atoms with Crippen LogP contribution in [0.15, 0.2) is 48.5 Å². The quantitative estimate of drug-likeness (QED) is 0.706. The number of nitrogens with two attached hydrogens (primary N) is 1. The molecule has 0 aliphatic rings. The first-order chi connectivity index (χ1) is 8.18. The number of rotatable bonds is 3. The molecule has 2 rings (SSSR count). The summed E-state index contributed by atoms with van der Waals surface area (Å²) in [6.07, 6.45) is 0. The highest BCUT2D eigenvalue weighted by Crippen LogP contribution is 2.27. The van der Waals surface area contributed by atoms with Crippen molar-refractivity contribution in [2.24, 2.45) is 0 Å². The van der Waals surface area contributed by atoms with Gasteiger partial charge in [-0.2, -0.15) is 0 Å². The van der Waals surface area contributed by atoms with Gasteiger partial charge in [-0.3, -0.25) is 0 Å². The van der Waals surface area contributed by atoms with Gasteiger partial charge in [0, 0.05) is 5.69 Å². The van der Waals surface area contributed by atoms with Crippen molar-refractivity contribution in [2.75, 3.05) is 11.1 Å². The van der Waals surface area contributed by atoms with Gasteiger partial charge >= 0.3 is 5.97 Å². The molecule has 0 aliphatic carbocycles. The van der Waals surface area contributed by atoms with E-state index < -0.39 is 5.97 Å². The third kappa shape index (κ3) is 2.36. The number of nitrogens with one attached hydrogen (secondary N) is 1. The van der Waals surface area contributed by atoms with Gasteiger partial charge < -0.3 is 16.2 Å². The molecule has 17 heavy (non-hydrogen) atoms. The van der Waals surface area contributed by atoms with Crippen LogP contribution in [0, 0.1) is 0 Å². The lowest BCUT2D eigenvalue weighted by Crippen LogP contribution is -2.05. The first kappa shape index (κ1) is 11.0. The molecular weight excluding hydrogens is 216 g/mol. The third-order valence-electron chi connectivity index (χ3n) is 2.37. The molecule has 0 amide bonds. The highest BCUT2D eigenvalue weighted by molar-refractivity contribution is 5.98. The lowest BCUT2D eigenvalue weighted by Gasteiger charge is -2.11. The average Bonchev–Trinajstić information content (AvgIpc) is 2.33. The second kappa shape index (κ2) is 4.57. The molecule has 2 aromatic rings. The number of carbonyl (C=O) groups is 1. The maximum absolute atomic E-state index is 11.1. The van der Waals surface area contributed by atoms with E-state index in [4.69, 9.17) is 10.8 Å². The summed E-state index contributed by atoms with van der Waals surface area (Å²) in [6.45, 7) is 0. The summed E-state index contributed by atoms with van der Waals surface area (Å²) in [4.78, 5) is 11.1. The Hall–Kier alpha value is -2.49. The molecule has 0 aromatic heterocycles. The van der Waals surface area contributed by atoms with E-state index in [0.29, 0.717) is 11.4 Å². The number of anilines is 3. The van der Waals surface area contributed by atoms with E-state index in [9.17, 15) is 4.79 Å². The molecule has 4 heteroatoms. The normalized spacial score (nSPS) is 9.88. The Morgan fingerprint density at radius 3 is 2.41 bits per heavy atom. The van der Waals surface area contributed by atoms with Crippen molar-refractivity contribution >= 4 is 23.0 Å². The number of carboxylic acid groups (broad SMARTS) is 1. The Bertz CT molecular complexity index is 538. The van der Waals surface area contributed by atoms with Gasteiger partial charge in [0.15, 0.2) is 0 Å². The fourth-order valence-electron chi connectivity index (χ4n) is 1.55. The molecule has 4 N–H and O–H groups in total. The first-order valence-electron chi connectivity index (χ1n) is 5.12. The molecule has 0 saturated heterocycles. The molecule has 0 fully saturated rings. The zero-order valence-corrected chi connectivity index (χ0v) is 9.05. The van der Waals surface area contributed by atoms with Gasteiger partial charge in [-0.05, 0) is 24.3 Å². The lowest BCUT2D eigenvalue weighted by atomic mass is 10.1. The van der Waals surface area contributed by atoms with Gasteiger partial charge in [-0.15, -0.1) is 0 Å². The maximum Gasteiger partial charge on any atom is 0.337 e. The largest absolute Gasteiger partial charge is 0.478 e. The standard InChI is InChI=1S/C13H12N2O2/c14-11-8-4-7-10(13(16)17)12(11)15-9-5-2-1-3-6-9/h1-8,15H,14H2,(H,16,17). The molecule has 86 valence electrons. The topological polar surface area (TPSA) is 75.4 Å². The zero-order valence-electron chi connectivity index (χ0n) is 9.05. The van der Waals surface area contributed by atoms with Crippen LogP contribution in [0.5, 0.6) is 0 Å². The molecule has 0 bridgehead atoms. The molecule has 0 spiro atoms. The second-order valence-electron chi connectivity index (χ2n) is 3.57. The Labute approximate surface area is 98.7 Å².